The molecule has 2 aromatic heterocycles. The molecule has 0 saturated carbocycles. The fourth-order valence-electron chi connectivity index (χ4n) is 2.21. The second-order valence-electron chi connectivity index (χ2n) is 4.28. The van der Waals surface area contributed by atoms with Gasteiger partial charge in [-0.15, -0.1) is 0 Å². The molecule has 86 valence electrons. The molecule has 2 N–H and O–H groups in total. The zero-order chi connectivity index (χ0) is 11.7. The van der Waals surface area contributed by atoms with E-state index < -0.39 is 0 Å². The molecule has 3 rings (SSSR count). The Kier molecular flexibility index (Phi) is 2.53. The predicted molar refractivity (Wildman–Crippen MR) is 71.2 cm³/mol. The number of likely N-dealkylation sites (N-methyl/N-ethyl adjacent to an activating group) is 1. The number of aromatic nitrogens is 2. The summed E-state index contributed by atoms with van der Waals surface area (Å²) in [6.45, 7) is 1.01. The van der Waals surface area contributed by atoms with Gasteiger partial charge in [0.1, 0.15) is 0 Å². The summed E-state index contributed by atoms with van der Waals surface area (Å²) in [6, 6.07) is 8.61. The number of hydrogen-bond donors (Lipinski definition) is 2. The number of pyridine rings is 1. The third kappa shape index (κ3) is 1.78. The number of aromatic amines is 1. The quantitative estimate of drug-likeness (QED) is 0.719. The van der Waals surface area contributed by atoms with Crippen molar-refractivity contribution in [2.75, 3.05) is 13.6 Å². The van der Waals surface area contributed by atoms with Crippen molar-refractivity contribution in [1.29, 1.82) is 0 Å². The Balaban J connectivity index is 2.16. The lowest BCUT2D eigenvalue weighted by molar-refractivity contribution is 0.792. The van der Waals surface area contributed by atoms with Gasteiger partial charge in [-0.3, -0.25) is 4.98 Å². The number of H-pyrrole nitrogens is 1. The lowest BCUT2D eigenvalue weighted by Gasteiger charge is -2.00. The second kappa shape index (κ2) is 4.18. The van der Waals surface area contributed by atoms with Gasteiger partial charge in [0.15, 0.2) is 0 Å². The molecule has 0 atom stereocenters. The van der Waals surface area contributed by atoms with Crippen molar-refractivity contribution in [2.45, 2.75) is 6.42 Å². The van der Waals surface area contributed by atoms with Gasteiger partial charge < -0.3 is 10.3 Å². The van der Waals surface area contributed by atoms with Crippen LogP contribution in [0.4, 0.5) is 0 Å². The minimum atomic E-state index is 1.01. The van der Waals surface area contributed by atoms with Crippen molar-refractivity contribution in [2.24, 2.45) is 0 Å². The first kappa shape index (κ1) is 10.3. The Morgan fingerprint density at radius 2 is 2.06 bits per heavy atom. The summed E-state index contributed by atoms with van der Waals surface area (Å²) >= 11 is 0. The summed E-state index contributed by atoms with van der Waals surface area (Å²) in [5.74, 6) is 0. The van der Waals surface area contributed by atoms with E-state index in [0.717, 1.165) is 18.5 Å². The van der Waals surface area contributed by atoms with Crippen LogP contribution in [0, 0.1) is 0 Å². The maximum absolute atomic E-state index is 4.19. The first-order valence-electron chi connectivity index (χ1n) is 5.87. The van der Waals surface area contributed by atoms with E-state index in [9.17, 15) is 0 Å². The van der Waals surface area contributed by atoms with Gasteiger partial charge >= 0.3 is 0 Å². The molecular formula is C14H15N3. The number of nitrogens with one attached hydrogen (secondary N) is 2. The van der Waals surface area contributed by atoms with E-state index in [4.69, 9.17) is 0 Å². The van der Waals surface area contributed by atoms with Crippen LogP contribution in [0.1, 0.15) is 5.56 Å². The molecule has 0 amide bonds. The molecule has 3 heteroatoms. The number of rotatable bonds is 3. The van der Waals surface area contributed by atoms with Gasteiger partial charge in [-0.1, -0.05) is 6.07 Å². The zero-order valence-corrected chi connectivity index (χ0v) is 9.83. The predicted octanol–water partition coefficient (Wildman–Crippen LogP) is 2.48. The third-order valence-corrected chi connectivity index (χ3v) is 3.13. The van der Waals surface area contributed by atoms with Gasteiger partial charge in [0.05, 0.1) is 0 Å². The van der Waals surface area contributed by atoms with Gasteiger partial charge in [0.25, 0.3) is 0 Å². The normalized spacial score (nSPS) is 11.4. The topological polar surface area (TPSA) is 40.7 Å². The van der Waals surface area contributed by atoms with Gasteiger partial charge in [-0.2, -0.15) is 0 Å². The van der Waals surface area contributed by atoms with Crippen molar-refractivity contribution >= 4 is 21.8 Å². The van der Waals surface area contributed by atoms with Crippen molar-refractivity contribution in [3.63, 3.8) is 0 Å². The molecule has 2 heterocycles. The first-order valence-corrected chi connectivity index (χ1v) is 5.87. The number of benzene rings is 1. The Morgan fingerprint density at radius 3 is 2.94 bits per heavy atom. The fraction of sp³-hybridized carbons (Fsp3) is 0.214. The lowest BCUT2D eigenvalue weighted by Crippen LogP contribution is -2.10. The van der Waals surface area contributed by atoms with Crippen LogP contribution in [0.25, 0.3) is 21.8 Å². The van der Waals surface area contributed by atoms with Crippen molar-refractivity contribution in [1.82, 2.24) is 15.3 Å². The molecule has 0 bridgehead atoms. The van der Waals surface area contributed by atoms with E-state index in [1.165, 1.54) is 21.9 Å². The standard InChI is InChI=1S/C14H15N3/c1-15-6-4-10-2-3-13-11(8-10)12-9-16-7-5-14(12)17-13/h2-3,5,7-9,15,17H,4,6H2,1H3. The van der Waals surface area contributed by atoms with Crippen LogP contribution >= 0.6 is 0 Å². The van der Waals surface area contributed by atoms with Gasteiger partial charge in [-0.05, 0) is 43.8 Å². The Morgan fingerprint density at radius 1 is 1.18 bits per heavy atom. The molecular weight excluding hydrogens is 210 g/mol. The van der Waals surface area contributed by atoms with Gasteiger partial charge in [0.2, 0.25) is 0 Å². The van der Waals surface area contributed by atoms with E-state index in [2.05, 4.69) is 33.5 Å². The molecule has 0 aliphatic rings. The Labute approximate surface area is 99.9 Å². The van der Waals surface area contributed by atoms with Gasteiger partial charge in [0, 0.05) is 34.2 Å². The van der Waals surface area contributed by atoms with Crippen LogP contribution in [0.3, 0.4) is 0 Å². The Hall–Kier alpha value is -1.87. The summed E-state index contributed by atoms with van der Waals surface area (Å²) in [5.41, 5.74) is 3.69. The highest BCUT2D eigenvalue weighted by Crippen LogP contribution is 2.25. The molecule has 17 heavy (non-hydrogen) atoms. The molecule has 3 aromatic rings. The zero-order valence-electron chi connectivity index (χ0n) is 9.83. The SMILES string of the molecule is CNCCc1ccc2[nH]c3ccncc3c2c1. The molecule has 0 spiro atoms. The van der Waals surface area contributed by atoms with E-state index in [0.29, 0.717) is 0 Å². The van der Waals surface area contributed by atoms with E-state index in [-0.39, 0.29) is 0 Å². The number of fused-ring (bicyclic) bond motifs is 3. The Bertz CT molecular complexity index is 655. The van der Waals surface area contributed by atoms with E-state index in [1.54, 1.807) is 0 Å². The summed E-state index contributed by atoms with van der Waals surface area (Å²) in [4.78, 5) is 7.60. The summed E-state index contributed by atoms with van der Waals surface area (Å²) in [7, 11) is 1.98. The number of nitrogens with zero attached hydrogens (tertiary/aromatic N) is 1. The first-order chi connectivity index (χ1) is 8.38. The highest BCUT2D eigenvalue weighted by Gasteiger charge is 2.04. The molecule has 0 aliphatic heterocycles. The third-order valence-electron chi connectivity index (χ3n) is 3.13. The number of hydrogen-bond acceptors (Lipinski definition) is 2. The molecule has 0 radical (unpaired) electrons. The summed E-state index contributed by atoms with van der Waals surface area (Å²) in [6.07, 6.45) is 4.80. The van der Waals surface area contributed by atoms with E-state index >= 15 is 0 Å². The summed E-state index contributed by atoms with van der Waals surface area (Å²) in [5, 5.41) is 5.64. The minimum absolute atomic E-state index is 1.01. The maximum atomic E-state index is 4.19. The second-order valence-corrected chi connectivity index (χ2v) is 4.28. The van der Waals surface area contributed by atoms with Crippen molar-refractivity contribution in [3.05, 3.63) is 42.2 Å². The highest BCUT2D eigenvalue weighted by molar-refractivity contribution is 6.06. The fourth-order valence-corrected chi connectivity index (χ4v) is 2.21. The van der Waals surface area contributed by atoms with Crippen molar-refractivity contribution in [3.8, 4) is 0 Å². The lowest BCUT2D eigenvalue weighted by atomic mass is 10.1. The molecule has 0 saturated heterocycles. The van der Waals surface area contributed by atoms with Crippen LogP contribution in [0.15, 0.2) is 36.7 Å². The summed E-state index contributed by atoms with van der Waals surface area (Å²) < 4.78 is 0. The van der Waals surface area contributed by atoms with Crippen LogP contribution in [0.5, 0.6) is 0 Å². The highest BCUT2D eigenvalue weighted by atomic mass is 14.8. The smallest absolute Gasteiger partial charge is 0.0495 e. The average Bonchev–Trinajstić information content (AvgIpc) is 2.74. The van der Waals surface area contributed by atoms with Crippen LogP contribution in [0.2, 0.25) is 0 Å². The largest absolute Gasteiger partial charge is 0.354 e. The van der Waals surface area contributed by atoms with Crippen LogP contribution in [-0.4, -0.2) is 23.6 Å². The van der Waals surface area contributed by atoms with E-state index in [1.807, 2.05) is 25.5 Å². The van der Waals surface area contributed by atoms with Gasteiger partial charge in [-0.25, -0.2) is 0 Å². The molecule has 0 fully saturated rings. The maximum Gasteiger partial charge on any atom is 0.0495 e. The van der Waals surface area contributed by atoms with Crippen LogP contribution < -0.4 is 5.32 Å². The van der Waals surface area contributed by atoms with Crippen LogP contribution in [-0.2, 0) is 6.42 Å². The molecule has 3 nitrogen and oxygen atoms in total. The molecule has 1 aromatic carbocycles. The minimum Gasteiger partial charge on any atom is -0.354 e. The molecule has 0 aliphatic carbocycles. The average molecular weight is 225 g/mol. The monoisotopic (exact) mass is 225 g/mol. The molecule has 0 unspecified atom stereocenters. The van der Waals surface area contributed by atoms with Crippen molar-refractivity contribution < 1.29 is 0 Å².